The first-order chi connectivity index (χ1) is 15.5. The minimum Gasteiger partial charge on any atom is -0.488 e. The van der Waals surface area contributed by atoms with Gasteiger partial charge in [-0.2, -0.15) is 0 Å². The summed E-state index contributed by atoms with van der Waals surface area (Å²) in [5, 5.41) is 9.17. The number of pyridine rings is 1. The number of hydrogen-bond acceptors (Lipinski definition) is 6. The summed E-state index contributed by atoms with van der Waals surface area (Å²) in [5.41, 5.74) is 1.16. The molecule has 0 spiro atoms. The molecule has 32 heavy (non-hydrogen) atoms. The third-order valence-electron chi connectivity index (χ3n) is 5.53. The number of anilines is 1. The number of aromatic nitrogens is 3. The second-order valence-corrected chi connectivity index (χ2v) is 7.63. The average molecular weight is 443 g/mol. The van der Waals surface area contributed by atoms with Gasteiger partial charge in [-0.3, -0.25) is 9.59 Å². The van der Waals surface area contributed by atoms with E-state index in [4.69, 9.17) is 9.47 Å². The summed E-state index contributed by atoms with van der Waals surface area (Å²) >= 11 is 0. The van der Waals surface area contributed by atoms with E-state index in [-0.39, 0.29) is 29.8 Å². The Hall–Kier alpha value is -3.60. The Bertz CT molecular complexity index is 1210. The molecule has 0 aliphatic carbocycles. The molecule has 1 saturated heterocycles. The molecule has 1 atom stereocenters. The van der Waals surface area contributed by atoms with Crippen molar-refractivity contribution in [3.8, 4) is 5.75 Å². The van der Waals surface area contributed by atoms with E-state index in [0.717, 1.165) is 24.6 Å². The molecule has 2 aliphatic rings. The maximum atomic E-state index is 14.0. The molecular weight excluding hydrogens is 424 g/mol. The predicted octanol–water partition coefficient (Wildman–Crippen LogP) is 2.03. The Labute approximate surface area is 180 Å². The van der Waals surface area contributed by atoms with Crippen LogP contribution in [0.5, 0.6) is 5.75 Å². The van der Waals surface area contributed by atoms with E-state index in [0.29, 0.717) is 24.9 Å². The minimum absolute atomic E-state index is 0.115. The monoisotopic (exact) mass is 443 g/mol. The van der Waals surface area contributed by atoms with Crippen LogP contribution in [0.2, 0.25) is 0 Å². The normalized spacial score (nSPS) is 19.1. The van der Waals surface area contributed by atoms with Crippen LogP contribution < -0.4 is 15.4 Å². The number of carbonyl (C=O) groups excluding carboxylic acids is 2. The lowest BCUT2D eigenvalue weighted by Gasteiger charge is -2.22. The fourth-order valence-corrected chi connectivity index (χ4v) is 3.90. The molecule has 2 aromatic heterocycles. The molecule has 166 valence electrons. The zero-order valence-corrected chi connectivity index (χ0v) is 16.8. The molecule has 1 unspecified atom stereocenters. The van der Waals surface area contributed by atoms with Crippen molar-refractivity contribution >= 4 is 23.1 Å². The van der Waals surface area contributed by atoms with E-state index in [1.165, 1.54) is 0 Å². The summed E-state index contributed by atoms with van der Waals surface area (Å²) in [5.74, 6) is -3.23. The third-order valence-corrected chi connectivity index (χ3v) is 5.53. The van der Waals surface area contributed by atoms with Crippen molar-refractivity contribution in [2.45, 2.75) is 24.8 Å². The maximum absolute atomic E-state index is 14.0. The van der Waals surface area contributed by atoms with Crippen LogP contribution in [0.25, 0.3) is 5.65 Å². The molecule has 3 aromatic rings. The predicted molar refractivity (Wildman–Crippen MR) is 108 cm³/mol. The van der Waals surface area contributed by atoms with Crippen molar-refractivity contribution in [3.05, 3.63) is 53.5 Å². The molecule has 9 nitrogen and oxygen atoms in total. The molecule has 11 heteroatoms. The van der Waals surface area contributed by atoms with Gasteiger partial charge in [-0.05, 0) is 25.0 Å². The molecular formula is C21H19F2N5O4. The van der Waals surface area contributed by atoms with Crippen molar-refractivity contribution < 1.29 is 27.8 Å². The highest BCUT2D eigenvalue weighted by molar-refractivity contribution is 6.01. The number of fused-ring (bicyclic) bond motifs is 2. The molecule has 5 rings (SSSR count). The van der Waals surface area contributed by atoms with Crippen molar-refractivity contribution in [3.63, 3.8) is 0 Å². The number of benzene rings is 1. The number of ether oxygens (including phenoxy) is 2. The summed E-state index contributed by atoms with van der Waals surface area (Å²) in [6, 6.07) is 5.98. The SMILES string of the molecule is O=C(NC1COc2cc(F)cc(F)c2NC1=O)c1nc2cccc(C3CCOCC3)n2n1. The number of amides is 2. The fourth-order valence-electron chi connectivity index (χ4n) is 3.90. The first kappa shape index (κ1) is 20.3. The van der Waals surface area contributed by atoms with E-state index in [1.807, 2.05) is 12.1 Å². The van der Waals surface area contributed by atoms with Crippen molar-refractivity contribution in [2.24, 2.45) is 0 Å². The quantitative estimate of drug-likeness (QED) is 0.642. The van der Waals surface area contributed by atoms with Crippen LogP contribution in [-0.4, -0.2) is 52.3 Å². The van der Waals surface area contributed by atoms with Gasteiger partial charge in [0.05, 0.1) is 0 Å². The van der Waals surface area contributed by atoms with Crippen LogP contribution in [-0.2, 0) is 9.53 Å². The zero-order valence-electron chi connectivity index (χ0n) is 16.8. The van der Waals surface area contributed by atoms with Gasteiger partial charge in [0.1, 0.15) is 29.9 Å². The minimum atomic E-state index is -1.15. The summed E-state index contributed by atoms with van der Waals surface area (Å²) in [6.45, 7) is 1.01. The van der Waals surface area contributed by atoms with Gasteiger partial charge >= 0.3 is 0 Å². The van der Waals surface area contributed by atoms with Gasteiger partial charge in [-0.15, -0.1) is 5.10 Å². The first-order valence-corrected chi connectivity index (χ1v) is 10.2. The number of nitrogens with one attached hydrogen (secondary N) is 2. The smallest absolute Gasteiger partial charge is 0.291 e. The second kappa shape index (κ2) is 8.15. The summed E-state index contributed by atoms with van der Waals surface area (Å²) in [6.07, 6.45) is 1.69. The van der Waals surface area contributed by atoms with E-state index in [1.54, 1.807) is 10.6 Å². The second-order valence-electron chi connectivity index (χ2n) is 7.63. The maximum Gasteiger partial charge on any atom is 0.291 e. The molecule has 0 bridgehead atoms. The number of hydrogen-bond donors (Lipinski definition) is 2. The highest BCUT2D eigenvalue weighted by Gasteiger charge is 2.30. The lowest BCUT2D eigenvalue weighted by Crippen LogP contribution is -2.46. The van der Waals surface area contributed by atoms with E-state index in [2.05, 4.69) is 20.7 Å². The zero-order chi connectivity index (χ0) is 22.2. The standard InChI is InChI=1S/C21H19F2N5O4/c22-12-8-13(23)18-16(9-12)32-10-14(20(29)26-18)24-21(30)19-25-17-3-1-2-15(28(17)27-19)11-4-6-31-7-5-11/h1-3,8-9,11,14H,4-7,10H2,(H,24,30)(H,26,29). The number of halogens is 2. The average Bonchev–Trinajstić information content (AvgIpc) is 3.17. The molecule has 1 fully saturated rings. The van der Waals surface area contributed by atoms with Gasteiger partial charge in [-0.25, -0.2) is 18.3 Å². The Morgan fingerprint density at radius 2 is 2.03 bits per heavy atom. The Morgan fingerprint density at radius 1 is 1.22 bits per heavy atom. The lowest BCUT2D eigenvalue weighted by molar-refractivity contribution is -0.118. The molecule has 0 saturated carbocycles. The Kier molecular flexibility index (Phi) is 5.17. The van der Waals surface area contributed by atoms with Crippen molar-refractivity contribution in [2.75, 3.05) is 25.1 Å². The van der Waals surface area contributed by atoms with Gasteiger partial charge in [0.15, 0.2) is 11.5 Å². The number of rotatable bonds is 3. The summed E-state index contributed by atoms with van der Waals surface area (Å²) in [4.78, 5) is 29.5. The summed E-state index contributed by atoms with van der Waals surface area (Å²) < 4.78 is 39.8. The van der Waals surface area contributed by atoms with Crippen molar-refractivity contribution in [1.82, 2.24) is 19.9 Å². The van der Waals surface area contributed by atoms with Crippen LogP contribution in [0.3, 0.4) is 0 Å². The van der Waals surface area contributed by atoms with Gasteiger partial charge in [0.25, 0.3) is 11.8 Å². The van der Waals surface area contributed by atoms with Gasteiger partial charge in [0, 0.05) is 37.0 Å². The van der Waals surface area contributed by atoms with Gasteiger partial charge in [0.2, 0.25) is 5.82 Å². The molecule has 0 radical (unpaired) electrons. The van der Waals surface area contributed by atoms with E-state index < -0.39 is 29.5 Å². The van der Waals surface area contributed by atoms with Crippen LogP contribution in [0.1, 0.15) is 35.1 Å². The topological polar surface area (TPSA) is 107 Å². The molecule has 2 N–H and O–H groups in total. The van der Waals surface area contributed by atoms with Crippen LogP contribution in [0.4, 0.5) is 14.5 Å². The van der Waals surface area contributed by atoms with E-state index >= 15 is 0 Å². The van der Waals surface area contributed by atoms with Gasteiger partial charge in [-0.1, -0.05) is 6.07 Å². The van der Waals surface area contributed by atoms with Crippen molar-refractivity contribution in [1.29, 1.82) is 0 Å². The molecule has 2 amide bonds. The lowest BCUT2D eigenvalue weighted by atomic mass is 9.96. The first-order valence-electron chi connectivity index (χ1n) is 10.2. The highest BCUT2D eigenvalue weighted by atomic mass is 19.1. The van der Waals surface area contributed by atoms with Crippen LogP contribution >= 0.6 is 0 Å². The highest BCUT2D eigenvalue weighted by Crippen LogP contribution is 2.31. The molecule has 4 heterocycles. The Morgan fingerprint density at radius 3 is 2.84 bits per heavy atom. The number of nitrogens with zero attached hydrogens (tertiary/aromatic N) is 3. The largest absolute Gasteiger partial charge is 0.488 e. The van der Waals surface area contributed by atoms with Crippen LogP contribution in [0.15, 0.2) is 30.3 Å². The summed E-state index contributed by atoms with van der Waals surface area (Å²) in [7, 11) is 0. The van der Waals surface area contributed by atoms with Crippen LogP contribution in [0, 0.1) is 11.6 Å². The number of carbonyl (C=O) groups is 2. The van der Waals surface area contributed by atoms with E-state index in [9.17, 15) is 18.4 Å². The van der Waals surface area contributed by atoms with Gasteiger partial charge < -0.3 is 20.1 Å². The third kappa shape index (κ3) is 3.75. The molecule has 2 aliphatic heterocycles. The fraction of sp³-hybridized carbons (Fsp3) is 0.333. The molecule has 1 aromatic carbocycles. The Balaban J connectivity index is 1.36.